The van der Waals surface area contributed by atoms with Gasteiger partial charge in [0.1, 0.15) is 5.78 Å². The lowest BCUT2D eigenvalue weighted by Crippen LogP contribution is -2.43. The summed E-state index contributed by atoms with van der Waals surface area (Å²) in [4.78, 5) is 23.1. The van der Waals surface area contributed by atoms with Crippen molar-refractivity contribution in [2.75, 3.05) is 12.5 Å². The Morgan fingerprint density at radius 1 is 0.894 bits per heavy atom. The molecule has 6 heteroatoms. The predicted molar refractivity (Wildman–Crippen MR) is 203 cm³/mol. The van der Waals surface area contributed by atoms with Gasteiger partial charge < -0.3 is 24.8 Å². The fraction of sp³-hybridized carbons (Fsp3) is 0.659. The van der Waals surface area contributed by atoms with Crippen molar-refractivity contribution in [3.63, 3.8) is 0 Å². The minimum absolute atomic E-state index is 0.0409. The Morgan fingerprint density at radius 2 is 1.51 bits per heavy atom. The quantitative estimate of drug-likeness (QED) is 0.136. The zero-order chi connectivity index (χ0) is 35.6. The van der Waals surface area contributed by atoms with Gasteiger partial charge in [0.15, 0.2) is 11.5 Å². The summed E-state index contributed by atoms with van der Waals surface area (Å²) < 4.78 is 10.8. The lowest BCUT2D eigenvalue weighted by atomic mass is 9.33. The molecule has 1 aliphatic rings. The van der Waals surface area contributed by atoms with Gasteiger partial charge in [0, 0.05) is 12.1 Å². The van der Waals surface area contributed by atoms with Crippen molar-refractivity contribution in [3.05, 3.63) is 47.5 Å². The number of benzene rings is 2. The maximum absolute atomic E-state index is 12.5. The van der Waals surface area contributed by atoms with Crippen LogP contribution in [-0.2, 0) is 9.59 Å². The van der Waals surface area contributed by atoms with E-state index in [-0.39, 0.29) is 12.1 Å². The number of Topliss-reactive ketones (excluding diaryl/α,β-unsaturated/α-hetero) is 1. The predicted octanol–water partition coefficient (Wildman–Crippen LogP) is 10.9. The fourth-order valence-corrected chi connectivity index (χ4v) is 6.65. The molecule has 2 aromatic rings. The monoisotopic (exact) mass is 650 g/mol. The molecule has 2 N–H and O–H groups in total. The Morgan fingerprint density at radius 3 is 2.00 bits per heavy atom. The van der Waals surface area contributed by atoms with E-state index in [9.17, 15) is 9.59 Å². The van der Waals surface area contributed by atoms with Gasteiger partial charge in [0.05, 0.1) is 5.68 Å². The third-order valence-electron chi connectivity index (χ3n) is 9.65. The molecule has 0 fully saturated rings. The number of nitrogen functional groups attached to an aromatic ring is 1. The smallest absolute Gasteiger partial charge is 0.259 e. The van der Waals surface area contributed by atoms with Crippen molar-refractivity contribution < 1.29 is 19.1 Å². The summed E-state index contributed by atoms with van der Waals surface area (Å²) >= 11 is 0. The number of rotatable bonds is 17. The zero-order valence-corrected chi connectivity index (χ0v) is 32.0. The molecule has 264 valence electrons. The van der Waals surface area contributed by atoms with Crippen LogP contribution in [0.25, 0.3) is 0 Å². The molecule has 2 aromatic carbocycles. The first-order valence-electron chi connectivity index (χ1n) is 18.5. The molecule has 0 amide bonds. The van der Waals surface area contributed by atoms with E-state index in [2.05, 4.69) is 73.6 Å². The number of fused-ring (bicyclic) bond motifs is 1. The first kappa shape index (κ1) is 42.3. The van der Waals surface area contributed by atoms with E-state index in [1.54, 1.807) is 6.92 Å². The normalized spacial score (nSPS) is 13.2. The molecule has 1 aliphatic heterocycles. The molecule has 0 aliphatic carbocycles. The molecule has 0 aromatic heterocycles. The molecule has 5 nitrogen and oxygen atoms in total. The van der Waals surface area contributed by atoms with E-state index in [1.807, 2.05) is 32.0 Å². The van der Waals surface area contributed by atoms with Crippen LogP contribution < -0.4 is 20.7 Å². The van der Waals surface area contributed by atoms with Crippen LogP contribution in [0.3, 0.4) is 0 Å². The third kappa shape index (κ3) is 14.9. The number of carbonyl (C=O) groups is 2. The van der Waals surface area contributed by atoms with E-state index in [4.69, 9.17) is 15.2 Å². The Labute approximate surface area is 289 Å². The summed E-state index contributed by atoms with van der Waals surface area (Å²) in [7, 11) is 0. The minimum atomic E-state index is 0.0409. The van der Waals surface area contributed by atoms with Crippen LogP contribution >= 0.6 is 0 Å². The average Bonchev–Trinajstić information content (AvgIpc) is 3.50. The number of aryl methyl sites for hydroxylation is 1. The molecule has 3 rings (SSSR count). The first-order chi connectivity index (χ1) is 22.3. The minimum Gasteiger partial charge on any atom is -0.454 e. The van der Waals surface area contributed by atoms with Gasteiger partial charge in [-0.15, -0.1) is 0 Å². The van der Waals surface area contributed by atoms with Crippen molar-refractivity contribution in [2.24, 2.45) is 11.3 Å². The topological polar surface area (TPSA) is 78.6 Å². The molecular formula is C41H68BNO4. The fourth-order valence-electron chi connectivity index (χ4n) is 6.65. The summed E-state index contributed by atoms with van der Waals surface area (Å²) in [5.74, 6) is 3.98. The molecule has 2 atom stereocenters. The van der Waals surface area contributed by atoms with Crippen LogP contribution in [0.5, 0.6) is 11.5 Å². The number of anilines is 1. The van der Waals surface area contributed by atoms with Crippen LogP contribution in [0.1, 0.15) is 157 Å². The summed E-state index contributed by atoms with van der Waals surface area (Å²) in [6.45, 7) is 23.7. The standard InChI is InChI=1S/C17H28BNO.C16H24O2.C8H16O/c1-5-8-14(9-6-2)18(17(20)7-3)15-10-11-16(19)13(4)12-15;1-4-6-12(3)9-13(5-2)14-7-8-15-16(10-14)18-11-17-15;1-5-8(3,4)6-7(2)9/h10-12,14H,5-9,19H2,1-4H3;7-8,10,12-13H,4-6,9,11H2,1-3H3;5-6H2,1-4H3. The van der Waals surface area contributed by atoms with Gasteiger partial charge in [-0.3, -0.25) is 0 Å². The molecule has 0 spiro atoms. The lowest BCUT2D eigenvalue weighted by Gasteiger charge is -2.23. The zero-order valence-electron chi connectivity index (χ0n) is 32.0. The molecule has 47 heavy (non-hydrogen) atoms. The molecule has 2 unspecified atom stereocenters. The van der Waals surface area contributed by atoms with Crippen molar-refractivity contribution >= 4 is 29.3 Å². The second kappa shape index (κ2) is 22.0. The summed E-state index contributed by atoms with van der Waals surface area (Å²) in [6, 6.07) is 12.5. The number of ketones is 1. The Kier molecular flexibility index (Phi) is 19.8. The molecule has 0 saturated heterocycles. The largest absolute Gasteiger partial charge is 0.454 e. The van der Waals surface area contributed by atoms with E-state index < -0.39 is 0 Å². The highest BCUT2D eigenvalue weighted by Crippen LogP contribution is 2.37. The maximum Gasteiger partial charge on any atom is 0.259 e. The summed E-state index contributed by atoms with van der Waals surface area (Å²) in [5, 5.41) is 0. The number of carbonyl (C=O) groups excluding carboxylic acids is 2. The van der Waals surface area contributed by atoms with Gasteiger partial charge in [-0.2, -0.15) is 0 Å². The van der Waals surface area contributed by atoms with Crippen molar-refractivity contribution in [1.82, 2.24) is 0 Å². The Bertz CT molecular complexity index is 1200. The third-order valence-corrected chi connectivity index (χ3v) is 9.65. The highest BCUT2D eigenvalue weighted by molar-refractivity contribution is 7.00. The Hall–Kier alpha value is -2.76. The summed E-state index contributed by atoms with van der Waals surface area (Å²) in [6.07, 6.45) is 11.9. The number of ether oxygens (including phenoxy) is 2. The molecule has 1 heterocycles. The second-order valence-electron chi connectivity index (χ2n) is 14.5. The first-order valence-corrected chi connectivity index (χ1v) is 18.5. The number of hydrogen-bond acceptors (Lipinski definition) is 5. The highest BCUT2D eigenvalue weighted by atomic mass is 16.7. The molecule has 0 bridgehead atoms. The molecular weight excluding hydrogens is 581 g/mol. The van der Waals surface area contributed by atoms with Gasteiger partial charge in [-0.1, -0.05) is 137 Å². The van der Waals surface area contributed by atoms with Gasteiger partial charge >= 0.3 is 0 Å². The van der Waals surface area contributed by atoms with Crippen LogP contribution in [0, 0.1) is 18.3 Å². The van der Waals surface area contributed by atoms with Crippen LogP contribution in [0.2, 0.25) is 5.82 Å². The average molecular weight is 650 g/mol. The van der Waals surface area contributed by atoms with Gasteiger partial charge in [0.2, 0.25) is 6.79 Å². The van der Waals surface area contributed by atoms with Crippen molar-refractivity contribution in [3.8, 4) is 11.5 Å². The van der Waals surface area contributed by atoms with Gasteiger partial charge in [-0.25, -0.2) is 0 Å². The number of hydrogen-bond donors (Lipinski definition) is 1. The van der Waals surface area contributed by atoms with E-state index in [0.717, 1.165) is 66.2 Å². The van der Waals surface area contributed by atoms with Crippen LogP contribution in [-0.4, -0.2) is 25.0 Å². The van der Waals surface area contributed by atoms with Crippen molar-refractivity contribution in [2.45, 2.75) is 159 Å². The molecule has 0 saturated carbocycles. The van der Waals surface area contributed by atoms with Crippen LogP contribution in [0.15, 0.2) is 36.4 Å². The highest BCUT2D eigenvalue weighted by Gasteiger charge is 2.32. The maximum atomic E-state index is 12.5. The van der Waals surface area contributed by atoms with Gasteiger partial charge in [0.25, 0.3) is 6.71 Å². The lowest BCUT2D eigenvalue weighted by molar-refractivity contribution is -0.119. The Balaban J connectivity index is 0.000000378. The second-order valence-corrected chi connectivity index (χ2v) is 14.5. The molecule has 0 radical (unpaired) electrons. The van der Waals surface area contributed by atoms with Crippen molar-refractivity contribution in [1.29, 1.82) is 0 Å². The van der Waals surface area contributed by atoms with E-state index in [0.29, 0.717) is 42.8 Å². The summed E-state index contributed by atoms with van der Waals surface area (Å²) in [5.41, 5.74) is 10.9. The van der Waals surface area contributed by atoms with E-state index >= 15 is 0 Å². The van der Waals surface area contributed by atoms with Gasteiger partial charge in [-0.05, 0) is 79.7 Å². The van der Waals surface area contributed by atoms with E-state index in [1.165, 1.54) is 31.2 Å². The van der Waals surface area contributed by atoms with Crippen LogP contribution in [0.4, 0.5) is 5.69 Å². The number of nitrogens with two attached hydrogens (primary N) is 1. The SMILES string of the molecule is CCC(C)(C)CC(C)=O.CCCC(C)CC(CC)c1ccc2c(c1)OCO2.CCCC(CCC)B(C(=O)CC)c1ccc(N)c(C)c1.